The van der Waals surface area contributed by atoms with Gasteiger partial charge in [0.2, 0.25) is 10.0 Å². The maximum absolute atomic E-state index is 12.7. The summed E-state index contributed by atoms with van der Waals surface area (Å²) in [6.45, 7) is 3.50. The first-order valence-electron chi connectivity index (χ1n) is 3.92. The second-order valence-corrected chi connectivity index (χ2v) is 4.36. The van der Waals surface area contributed by atoms with E-state index in [2.05, 4.69) is 11.3 Å². The number of sulfonamides is 1. The molecule has 0 aromatic heterocycles. The predicted octanol–water partition coefficient (Wildman–Crippen LogP) is 1.29. The zero-order valence-corrected chi connectivity index (χ0v) is 8.22. The lowest BCUT2D eigenvalue weighted by Gasteiger charge is -2.03. The lowest BCUT2D eigenvalue weighted by molar-refractivity contribution is 0.581. The molecule has 0 unspecified atom stereocenters. The molecular weight excluding hydrogens is 205 g/mol. The number of halogens is 1. The normalized spacial score (nSPS) is 11.2. The van der Waals surface area contributed by atoms with Gasteiger partial charge in [-0.1, -0.05) is 12.1 Å². The van der Waals surface area contributed by atoms with Gasteiger partial charge >= 0.3 is 0 Å². The highest BCUT2D eigenvalue weighted by atomic mass is 32.2. The minimum atomic E-state index is -3.61. The highest BCUT2D eigenvalue weighted by molar-refractivity contribution is 7.89. The molecule has 0 saturated heterocycles. The van der Waals surface area contributed by atoms with Crippen molar-refractivity contribution in [3.8, 4) is 0 Å². The third-order valence-electron chi connectivity index (χ3n) is 1.52. The molecule has 0 aliphatic heterocycles. The Morgan fingerprint density at radius 1 is 1.50 bits per heavy atom. The first kappa shape index (κ1) is 10.9. The summed E-state index contributed by atoms with van der Waals surface area (Å²) in [6, 6.07) is 4.82. The van der Waals surface area contributed by atoms with Gasteiger partial charge in [-0.05, 0) is 18.2 Å². The van der Waals surface area contributed by atoms with Gasteiger partial charge in [0.1, 0.15) is 5.82 Å². The number of hydrogen-bond acceptors (Lipinski definition) is 2. The lowest BCUT2D eigenvalue weighted by atomic mass is 10.4. The standard InChI is InChI=1S/C9H10FNO2S/c1-2-6-11-14(12,13)9-5-3-4-8(10)7-9/h2-5,7,11H,1,6H2. The van der Waals surface area contributed by atoms with E-state index in [4.69, 9.17) is 0 Å². The SMILES string of the molecule is C=CCNS(=O)(=O)c1cccc(F)c1. The van der Waals surface area contributed by atoms with E-state index < -0.39 is 15.8 Å². The highest BCUT2D eigenvalue weighted by Crippen LogP contribution is 2.09. The molecule has 1 aromatic carbocycles. The van der Waals surface area contributed by atoms with E-state index in [-0.39, 0.29) is 11.4 Å². The molecule has 1 N–H and O–H groups in total. The Hall–Kier alpha value is -1.20. The molecule has 0 fully saturated rings. The number of nitrogens with one attached hydrogen (secondary N) is 1. The summed E-state index contributed by atoms with van der Waals surface area (Å²) < 4.78 is 37.8. The molecule has 5 heteroatoms. The second-order valence-electron chi connectivity index (χ2n) is 2.60. The summed E-state index contributed by atoms with van der Waals surface area (Å²) in [5.41, 5.74) is 0. The summed E-state index contributed by atoms with van der Waals surface area (Å²) in [7, 11) is -3.61. The van der Waals surface area contributed by atoms with Crippen LogP contribution in [0.15, 0.2) is 41.8 Å². The molecule has 1 aromatic rings. The molecule has 0 heterocycles. The summed E-state index contributed by atoms with van der Waals surface area (Å²) in [4.78, 5) is -0.0839. The third-order valence-corrected chi connectivity index (χ3v) is 2.95. The molecule has 1 rings (SSSR count). The van der Waals surface area contributed by atoms with Crippen LogP contribution in [0.5, 0.6) is 0 Å². The first-order chi connectivity index (χ1) is 6.56. The van der Waals surface area contributed by atoms with Crippen molar-refractivity contribution in [2.24, 2.45) is 0 Å². The fourth-order valence-electron chi connectivity index (χ4n) is 0.886. The molecule has 0 bridgehead atoms. The topological polar surface area (TPSA) is 46.2 Å². The van der Waals surface area contributed by atoms with Crippen LogP contribution in [0.4, 0.5) is 4.39 Å². The van der Waals surface area contributed by atoms with E-state index >= 15 is 0 Å². The average molecular weight is 215 g/mol. The third kappa shape index (κ3) is 2.65. The van der Waals surface area contributed by atoms with Crippen LogP contribution in [0.25, 0.3) is 0 Å². The number of hydrogen-bond donors (Lipinski definition) is 1. The van der Waals surface area contributed by atoms with Crippen molar-refractivity contribution in [1.29, 1.82) is 0 Å². The van der Waals surface area contributed by atoms with Crippen molar-refractivity contribution >= 4 is 10.0 Å². The summed E-state index contributed by atoms with van der Waals surface area (Å²) >= 11 is 0. The Bertz CT molecular complexity index is 428. The van der Waals surface area contributed by atoms with Crippen LogP contribution >= 0.6 is 0 Å². The Morgan fingerprint density at radius 2 is 2.21 bits per heavy atom. The molecule has 3 nitrogen and oxygen atoms in total. The monoisotopic (exact) mass is 215 g/mol. The van der Waals surface area contributed by atoms with E-state index in [9.17, 15) is 12.8 Å². The van der Waals surface area contributed by atoms with Gasteiger partial charge in [0.05, 0.1) is 4.90 Å². The highest BCUT2D eigenvalue weighted by Gasteiger charge is 2.12. The van der Waals surface area contributed by atoms with Crippen LogP contribution < -0.4 is 4.72 Å². The van der Waals surface area contributed by atoms with Crippen LogP contribution in [0.1, 0.15) is 0 Å². The molecule has 0 radical (unpaired) electrons. The number of benzene rings is 1. The van der Waals surface area contributed by atoms with Gasteiger partial charge in [-0.2, -0.15) is 0 Å². The first-order valence-corrected chi connectivity index (χ1v) is 5.41. The van der Waals surface area contributed by atoms with E-state index in [0.717, 1.165) is 6.07 Å². The number of rotatable bonds is 4. The molecule has 14 heavy (non-hydrogen) atoms. The minimum Gasteiger partial charge on any atom is -0.207 e. The zero-order valence-electron chi connectivity index (χ0n) is 7.40. The van der Waals surface area contributed by atoms with E-state index in [1.807, 2.05) is 0 Å². The average Bonchev–Trinajstić information content (AvgIpc) is 2.15. The lowest BCUT2D eigenvalue weighted by Crippen LogP contribution is -2.23. The minimum absolute atomic E-state index is 0.0839. The molecule has 0 aliphatic carbocycles. The Balaban J connectivity index is 2.98. The van der Waals surface area contributed by atoms with Crippen LogP contribution in [0, 0.1) is 5.82 Å². The molecular formula is C9H10FNO2S. The fourth-order valence-corrected chi connectivity index (χ4v) is 1.92. The molecule has 76 valence electrons. The van der Waals surface area contributed by atoms with Crippen LogP contribution in [-0.4, -0.2) is 15.0 Å². The van der Waals surface area contributed by atoms with Crippen LogP contribution in [-0.2, 0) is 10.0 Å². The Labute approximate surface area is 82.3 Å². The summed E-state index contributed by atoms with van der Waals surface area (Å²) in [5, 5.41) is 0. The van der Waals surface area contributed by atoms with Gasteiger partial charge in [-0.15, -0.1) is 6.58 Å². The quantitative estimate of drug-likeness (QED) is 0.769. The Morgan fingerprint density at radius 3 is 2.79 bits per heavy atom. The van der Waals surface area contributed by atoms with Crippen molar-refractivity contribution in [3.05, 3.63) is 42.7 Å². The van der Waals surface area contributed by atoms with Crippen molar-refractivity contribution < 1.29 is 12.8 Å². The van der Waals surface area contributed by atoms with E-state index in [1.165, 1.54) is 24.3 Å². The van der Waals surface area contributed by atoms with Gasteiger partial charge < -0.3 is 0 Å². The molecule has 0 spiro atoms. The van der Waals surface area contributed by atoms with Crippen molar-refractivity contribution in [3.63, 3.8) is 0 Å². The van der Waals surface area contributed by atoms with Crippen LogP contribution in [0.3, 0.4) is 0 Å². The van der Waals surface area contributed by atoms with E-state index in [0.29, 0.717) is 0 Å². The van der Waals surface area contributed by atoms with Crippen molar-refractivity contribution in [2.75, 3.05) is 6.54 Å². The zero-order chi connectivity index (χ0) is 10.6. The van der Waals surface area contributed by atoms with Crippen molar-refractivity contribution in [1.82, 2.24) is 4.72 Å². The molecule has 0 saturated carbocycles. The summed E-state index contributed by atoms with van der Waals surface area (Å²) in [5.74, 6) is -0.577. The predicted molar refractivity (Wildman–Crippen MR) is 51.8 cm³/mol. The Kier molecular flexibility index (Phi) is 3.38. The smallest absolute Gasteiger partial charge is 0.207 e. The maximum atomic E-state index is 12.7. The van der Waals surface area contributed by atoms with Crippen molar-refractivity contribution in [2.45, 2.75) is 4.90 Å². The summed E-state index contributed by atoms with van der Waals surface area (Å²) in [6.07, 6.45) is 1.41. The van der Waals surface area contributed by atoms with Gasteiger partial charge in [0.25, 0.3) is 0 Å². The maximum Gasteiger partial charge on any atom is 0.240 e. The van der Waals surface area contributed by atoms with Gasteiger partial charge in [0.15, 0.2) is 0 Å². The largest absolute Gasteiger partial charge is 0.240 e. The second kappa shape index (κ2) is 4.34. The van der Waals surface area contributed by atoms with Crippen LogP contribution in [0.2, 0.25) is 0 Å². The fraction of sp³-hybridized carbons (Fsp3) is 0.111. The van der Waals surface area contributed by atoms with Gasteiger partial charge in [-0.25, -0.2) is 17.5 Å². The molecule has 0 aliphatic rings. The molecule has 0 amide bonds. The van der Waals surface area contributed by atoms with E-state index in [1.54, 1.807) is 0 Å². The molecule has 0 atom stereocenters. The van der Waals surface area contributed by atoms with Gasteiger partial charge in [0, 0.05) is 6.54 Å². The van der Waals surface area contributed by atoms with Gasteiger partial charge in [-0.3, -0.25) is 0 Å².